The third kappa shape index (κ3) is 3.78. The summed E-state index contributed by atoms with van der Waals surface area (Å²) < 4.78 is 4.64. The van der Waals surface area contributed by atoms with Gasteiger partial charge < -0.3 is 4.57 Å². The summed E-state index contributed by atoms with van der Waals surface area (Å²) in [7, 11) is 2.13. The van der Waals surface area contributed by atoms with Crippen LogP contribution in [-0.2, 0) is 7.05 Å². The summed E-state index contributed by atoms with van der Waals surface area (Å²) >= 11 is 0. The van der Waals surface area contributed by atoms with Crippen molar-refractivity contribution < 1.29 is 4.57 Å². The molecule has 0 amide bonds. The third-order valence-electron chi connectivity index (χ3n) is 6.48. The van der Waals surface area contributed by atoms with Crippen molar-refractivity contribution in [3.05, 3.63) is 120 Å². The molecule has 5 rings (SSSR count). The van der Waals surface area contributed by atoms with Crippen LogP contribution in [0.15, 0.2) is 103 Å². The van der Waals surface area contributed by atoms with E-state index in [1.165, 1.54) is 56.0 Å². The number of nitrogens with zero attached hydrogens (tertiary/aromatic N) is 2. The van der Waals surface area contributed by atoms with Gasteiger partial charge in [0, 0.05) is 29.0 Å². The van der Waals surface area contributed by atoms with E-state index in [1.54, 1.807) is 0 Å². The van der Waals surface area contributed by atoms with Crippen LogP contribution in [0.5, 0.6) is 0 Å². The molecule has 33 heavy (non-hydrogen) atoms. The van der Waals surface area contributed by atoms with Gasteiger partial charge in [-0.25, -0.2) is 0 Å². The van der Waals surface area contributed by atoms with E-state index < -0.39 is 0 Å². The normalized spacial score (nSPS) is 11.0. The van der Waals surface area contributed by atoms with Crippen molar-refractivity contribution in [2.45, 2.75) is 20.8 Å². The second kappa shape index (κ2) is 8.55. The van der Waals surface area contributed by atoms with Crippen LogP contribution in [0.1, 0.15) is 16.7 Å². The molecule has 2 nitrogen and oxygen atoms in total. The quantitative estimate of drug-likeness (QED) is 0.267. The van der Waals surface area contributed by atoms with E-state index >= 15 is 0 Å². The maximum Gasteiger partial charge on any atom is 0.229 e. The van der Waals surface area contributed by atoms with Crippen LogP contribution in [0.2, 0.25) is 0 Å². The topological polar surface area (TPSA) is 8.81 Å². The number of para-hydroxylation sites is 1. The number of pyridine rings is 1. The number of hydrogen-bond donors (Lipinski definition) is 0. The van der Waals surface area contributed by atoms with Crippen molar-refractivity contribution in [1.82, 2.24) is 4.57 Å². The molecule has 0 unspecified atom stereocenters. The van der Waals surface area contributed by atoms with Gasteiger partial charge in [-0.05, 0) is 49.1 Å². The first-order valence-electron chi connectivity index (χ1n) is 11.4. The Kier molecular flexibility index (Phi) is 5.43. The molecule has 0 aliphatic heterocycles. The summed E-state index contributed by atoms with van der Waals surface area (Å²) in [5, 5.41) is 0. The Morgan fingerprint density at radius 1 is 0.636 bits per heavy atom. The van der Waals surface area contributed by atoms with Crippen LogP contribution in [0.3, 0.4) is 0 Å². The van der Waals surface area contributed by atoms with E-state index in [9.17, 15) is 0 Å². The molecule has 0 saturated carbocycles. The van der Waals surface area contributed by atoms with Crippen LogP contribution in [0, 0.1) is 20.8 Å². The van der Waals surface area contributed by atoms with Gasteiger partial charge in [0.05, 0.1) is 5.69 Å². The Morgan fingerprint density at radius 3 is 1.76 bits per heavy atom. The van der Waals surface area contributed by atoms with E-state index in [0.29, 0.717) is 0 Å². The van der Waals surface area contributed by atoms with Gasteiger partial charge in [0.1, 0.15) is 12.7 Å². The first-order valence-corrected chi connectivity index (χ1v) is 11.4. The molecule has 3 aromatic carbocycles. The zero-order valence-corrected chi connectivity index (χ0v) is 19.7. The van der Waals surface area contributed by atoms with Gasteiger partial charge in [-0.1, -0.05) is 78.9 Å². The largest absolute Gasteiger partial charge is 0.310 e. The smallest absolute Gasteiger partial charge is 0.229 e. The first-order chi connectivity index (χ1) is 16.0. The maximum absolute atomic E-state index is 2.40. The van der Waals surface area contributed by atoms with Gasteiger partial charge in [-0.2, -0.15) is 4.57 Å². The summed E-state index contributed by atoms with van der Waals surface area (Å²) in [4.78, 5) is 0. The standard InChI is InChI=1S/C31H29N2/c1-22-18-19-29(32(4)20-22)30-24(3)23(2)21-33(30)31-27(25-12-7-5-8-13-25)16-11-17-28(31)26-14-9-6-10-15-26/h5-21H,1-4H3/q+1. The lowest BCUT2D eigenvalue weighted by atomic mass is 9.95. The second-order valence-corrected chi connectivity index (χ2v) is 8.79. The van der Waals surface area contributed by atoms with Crippen LogP contribution < -0.4 is 4.57 Å². The van der Waals surface area contributed by atoms with Gasteiger partial charge in [-0.3, -0.25) is 0 Å². The molecule has 2 heterocycles. The summed E-state index contributed by atoms with van der Waals surface area (Å²) in [5.41, 5.74) is 12.4. The lowest BCUT2D eigenvalue weighted by Gasteiger charge is -2.19. The highest BCUT2D eigenvalue weighted by molar-refractivity contribution is 5.87. The lowest BCUT2D eigenvalue weighted by Crippen LogP contribution is -2.31. The predicted molar refractivity (Wildman–Crippen MR) is 137 cm³/mol. The molecule has 0 radical (unpaired) electrons. The Morgan fingerprint density at radius 2 is 1.21 bits per heavy atom. The van der Waals surface area contributed by atoms with Crippen molar-refractivity contribution in [1.29, 1.82) is 0 Å². The highest BCUT2D eigenvalue weighted by atomic mass is 15.0. The van der Waals surface area contributed by atoms with Crippen molar-refractivity contribution in [3.8, 4) is 39.3 Å². The Bertz CT molecular complexity index is 1370. The Balaban J connectivity index is 1.88. The fourth-order valence-corrected chi connectivity index (χ4v) is 4.71. The minimum atomic E-state index is 1.20. The average Bonchev–Trinajstić information content (AvgIpc) is 3.13. The molecule has 0 aliphatic carbocycles. The minimum Gasteiger partial charge on any atom is -0.310 e. The molecule has 0 bridgehead atoms. The zero-order chi connectivity index (χ0) is 22.9. The van der Waals surface area contributed by atoms with E-state index in [-0.39, 0.29) is 0 Å². The number of benzene rings is 3. The molecule has 0 atom stereocenters. The summed E-state index contributed by atoms with van der Waals surface area (Å²) in [6, 6.07) is 32.5. The van der Waals surface area contributed by atoms with Crippen molar-refractivity contribution in [2.24, 2.45) is 7.05 Å². The summed E-state index contributed by atoms with van der Waals surface area (Å²) in [6.45, 7) is 6.57. The van der Waals surface area contributed by atoms with E-state index in [2.05, 4.69) is 140 Å². The van der Waals surface area contributed by atoms with Crippen LogP contribution >= 0.6 is 0 Å². The van der Waals surface area contributed by atoms with Crippen molar-refractivity contribution >= 4 is 0 Å². The molecular weight excluding hydrogens is 400 g/mol. The highest BCUT2D eigenvalue weighted by Gasteiger charge is 2.24. The van der Waals surface area contributed by atoms with Crippen LogP contribution in [-0.4, -0.2) is 4.57 Å². The van der Waals surface area contributed by atoms with E-state index in [4.69, 9.17) is 0 Å². The van der Waals surface area contributed by atoms with Gasteiger partial charge in [0.25, 0.3) is 0 Å². The number of rotatable bonds is 4. The molecule has 0 saturated heterocycles. The van der Waals surface area contributed by atoms with Crippen molar-refractivity contribution in [2.75, 3.05) is 0 Å². The Labute approximate surface area is 196 Å². The molecule has 0 aliphatic rings. The number of aryl methyl sites for hydroxylation is 3. The van der Waals surface area contributed by atoms with Crippen LogP contribution in [0.25, 0.3) is 39.3 Å². The fraction of sp³-hybridized carbons (Fsp3) is 0.129. The second-order valence-electron chi connectivity index (χ2n) is 8.79. The monoisotopic (exact) mass is 429 g/mol. The minimum absolute atomic E-state index is 1.20. The van der Waals surface area contributed by atoms with Gasteiger partial charge in [0.2, 0.25) is 5.69 Å². The third-order valence-corrected chi connectivity index (χ3v) is 6.48. The van der Waals surface area contributed by atoms with Gasteiger partial charge in [-0.15, -0.1) is 0 Å². The summed E-state index contributed by atoms with van der Waals surface area (Å²) in [6.07, 6.45) is 4.49. The molecule has 0 spiro atoms. The van der Waals surface area contributed by atoms with Crippen molar-refractivity contribution in [3.63, 3.8) is 0 Å². The van der Waals surface area contributed by atoms with Gasteiger partial charge in [0.15, 0.2) is 6.20 Å². The molecule has 0 fully saturated rings. The Hall–Kier alpha value is -3.91. The molecular formula is C31H29N2+. The maximum atomic E-state index is 2.40. The van der Waals surface area contributed by atoms with Gasteiger partial charge >= 0.3 is 0 Å². The first kappa shape index (κ1) is 21.0. The zero-order valence-electron chi connectivity index (χ0n) is 19.7. The molecule has 2 aromatic heterocycles. The van der Waals surface area contributed by atoms with Crippen LogP contribution in [0.4, 0.5) is 0 Å². The molecule has 5 aromatic rings. The number of hydrogen-bond acceptors (Lipinski definition) is 0. The number of aromatic nitrogens is 2. The highest BCUT2D eigenvalue weighted by Crippen LogP contribution is 2.39. The fourth-order valence-electron chi connectivity index (χ4n) is 4.71. The van der Waals surface area contributed by atoms with E-state index in [0.717, 1.165) is 0 Å². The lowest BCUT2D eigenvalue weighted by molar-refractivity contribution is -0.660. The molecule has 2 heteroatoms. The molecule has 162 valence electrons. The summed E-state index contributed by atoms with van der Waals surface area (Å²) in [5.74, 6) is 0. The average molecular weight is 430 g/mol. The SMILES string of the molecule is Cc1ccc(-c2c(C)c(C)cn2-c2c(-c3ccccc3)cccc2-c2ccccc2)[n+](C)c1. The predicted octanol–water partition coefficient (Wildman–Crippen LogP) is 7.23. The molecule has 0 N–H and O–H groups in total. The van der Waals surface area contributed by atoms with E-state index in [1.807, 2.05) is 0 Å².